The van der Waals surface area contributed by atoms with Crippen molar-refractivity contribution >= 4 is 35.4 Å². The number of rotatable bonds is 5. The summed E-state index contributed by atoms with van der Waals surface area (Å²) in [5.74, 6) is -2.14. The van der Waals surface area contributed by atoms with E-state index in [1.807, 2.05) is 13.0 Å². The van der Waals surface area contributed by atoms with Crippen LogP contribution in [0.3, 0.4) is 0 Å². The van der Waals surface area contributed by atoms with Crippen LogP contribution in [0.25, 0.3) is 0 Å². The number of benzene rings is 1. The van der Waals surface area contributed by atoms with Crippen LogP contribution in [-0.2, 0) is 14.4 Å². The molecule has 1 saturated carbocycles. The van der Waals surface area contributed by atoms with E-state index in [-0.39, 0.29) is 18.0 Å². The lowest BCUT2D eigenvalue weighted by molar-refractivity contribution is -0.145. The first-order chi connectivity index (χ1) is 13.3. The number of hydrogen-bond acceptors (Lipinski definition) is 4. The summed E-state index contributed by atoms with van der Waals surface area (Å²) >= 11 is 5.97. The number of carbonyl (C=O) groups is 4. The van der Waals surface area contributed by atoms with Crippen molar-refractivity contribution in [3.63, 3.8) is 0 Å². The maximum atomic E-state index is 12.7. The third kappa shape index (κ3) is 4.04. The first-order valence-corrected chi connectivity index (χ1v) is 9.91. The van der Waals surface area contributed by atoms with Crippen LogP contribution < -0.4 is 5.32 Å². The molecule has 0 spiro atoms. The lowest BCUT2D eigenvalue weighted by Gasteiger charge is -2.34. The van der Waals surface area contributed by atoms with Gasteiger partial charge < -0.3 is 5.32 Å². The predicted octanol–water partition coefficient (Wildman–Crippen LogP) is 2.89. The molecule has 28 heavy (non-hydrogen) atoms. The van der Waals surface area contributed by atoms with Gasteiger partial charge in [0.1, 0.15) is 6.54 Å². The topological polar surface area (TPSA) is 86.8 Å². The third-order valence-corrected chi connectivity index (χ3v) is 5.74. The van der Waals surface area contributed by atoms with Gasteiger partial charge in [-0.05, 0) is 43.4 Å². The number of urea groups is 1. The average Bonchev–Trinajstić information content (AvgIpc) is 2.86. The summed E-state index contributed by atoms with van der Waals surface area (Å²) in [6, 6.07) is 5.72. The van der Waals surface area contributed by atoms with E-state index < -0.39 is 30.3 Å². The Morgan fingerprint density at radius 2 is 1.93 bits per heavy atom. The summed E-state index contributed by atoms with van der Waals surface area (Å²) in [6.45, 7) is 3.28. The molecule has 1 N–H and O–H groups in total. The molecule has 2 fully saturated rings. The fourth-order valence-corrected chi connectivity index (χ4v) is 4.12. The summed E-state index contributed by atoms with van der Waals surface area (Å²) in [7, 11) is 0. The number of amides is 5. The molecule has 2 aliphatic rings. The average molecular weight is 406 g/mol. The molecule has 7 nitrogen and oxygen atoms in total. The number of nitrogens with zero attached hydrogens (tertiary/aromatic N) is 2. The molecule has 5 amide bonds. The summed E-state index contributed by atoms with van der Waals surface area (Å²) in [4.78, 5) is 51.6. The van der Waals surface area contributed by atoms with Gasteiger partial charge in [0.05, 0.1) is 6.04 Å². The Labute approximate surface area is 169 Å². The van der Waals surface area contributed by atoms with Gasteiger partial charge >= 0.3 is 17.8 Å². The quantitative estimate of drug-likeness (QED) is 0.602. The van der Waals surface area contributed by atoms with Crippen molar-refractivity contribution in [3.8, 4) is 0 Å². The molecule has 1 aliphatic carbocycles. The minimum absolute atomic E-state index is 0.145. The van der Waals surface area contributed by atoms with Gasteiger partial charge in [0.15, 0.2) is 0 Å². The minimum atomic E-state index is -0.937. The highest BCUT2D eigenvalue weighted by Gasteiger charge is 2.49. The van der Waals surface area contributed by atoms with Gasteiger partial charge in [-0.3, -0.25) is 19.3 Å². The SMILES string of the molecule is C[C@H](NC(=O)CN1C(=O)C(=O)N([C@@H]2CCCC[C@H]2C)C1=O)c1cccc(Cl)c1. The van der Waals surface area contributed by atoms with Gasteiger partial charge in [-0.15, -0.1) is 0 Å². The van der Waals surface area contributed by atoms with Gasteiger partial charge in [-0.25, -0.2) is 9.69 Å². The highest BCUT2D eigenvalue weighted by Crippen LogP contribution is 2.31. The molecule has 3 rings (SSSR count). The van der Waals surface area contributed by atoms with Gasteiger partial charge in [0.25, 0.3) is 0 Å². The Hall–Kier alpha value is -2.41. The second kappa shape index (κ2) is 8.31. The molecule has 1 aliphatic heterocycles. The van der Waals surface area contributed by atoms with E-state index in [2.05, 4.69) is 5.32 Å². The molecule has 0 unspecified atom stereocenters. The number of carbonyl (C=O) groups excluding carboxylic acids is 4. The van der Waals surface area contributed by atoms with Crippen molar-refractivity contribution in [3.05, 3.63) is 34.9 Å². The highest BCUT2D eigenvalue weighted by atomic mass is 35.5. The smallest absolute Gasteiger partial charge is 0.334 e. The van der Waals surface area contributed by atoms with Crippen LogP contribution in [0.1, 0.15) is 51.1 Å². The lowest BCUT2D eigenvalue weighted by atomic mass is 9.85. The Morgan fingerprint density at radius 1 is 1.21 bits per heavy atom. The number of halogens is 1. The summed E-state index contributed by atoms with van der Waals surface area (Å²) in [5.41, 5.74) is 0.800. The zero-order valence-electron chi connectivity index (χ0n) is 16.0. The Balaban J connectivity index is 1.66. The fraction of sp³-hybridized carbons (Fsp3) is 0.500. The van der Waals surface area contributed by atoms with Crippen molar-refractivity contribution in [2.75, 3.05) is 6.54 Å². The third-order valence-electron chi connectivity index (χ3n) is 5.51. The van der Waals surface area contributed by atoms with Crippen LogP contribution in [0, 0.1) is 5.92 Å². The molecule has 0 aromatic heterocycles. The standard InChI is InChI=1S/C20H24ClN3O4/c1-12-6-3-4-9-16(12)24-19(27)18(26)23(20(24)28)11-17(25)22-13(2)14-7-5-8-15(21)10-14/h5,7-8,10,12-13,16H,3-4,6,9,11H2,1-2H3,(H,22,25)/t12-,13+,16-/m1/s1. The second-order valence-corrected chi connectivity index (χ2v) is 7.96. The van der Waals surface area contributed by atoms with Crippen molar-refractivity contribution in [1.29, 1.82) is 0 Å². The van der Waals surface area contributed by atoms with Crippen LogP contribution in [0.15, 0.2) is 24.3 Å². The lowest BCUT2D eigenvalue weighted by Crippen LogP contribution is -2.47. The van der Waals surface area contributed by atoms with Gasteiger partial charge in [-0.1, -0.05) is 43.5 Å². The fourth-order valence-electron chi connectivity index (χ4n) is 3.92. The number of imide groups is 2. The Bertz CT molecular complexity index is 812. The highest BCUT2D eigenvalue weighted by molar-refractivity contribution is 6.45. The van der Waals surface area contributed by atoms with Crippen LogP contribution in [0.5, 0.6) is 0 Å². The van der Waals surface area contributed by atoms with Crippen LogP contribution in [0.2, 0.25) is 5.02 Å². The zero-order valence-corrected chi connectivity index (χ0v) is 16.7. The molecule has 1 heterocycles. The van der Waals surface area contributed by atoms with E-state index in [1.165, 1.54) is 0 Å². The molecule has 3 atom stereocenters. The Morgan fingerprint density at radius 3 is 2.61 bits per heavy atom. The predicted molar refractivity (Wildman–Crippen MR) is 103 cm³/mol. The molecule has 1 aromatic carbocycles. The monoisotopic (exact) mass is 405 g/mol. The van der Waals surface area contributed by atoms with E-state index in [0.29, 0.717) is 11.4 Å². The van der Waals surface area contributed by atoms with E-state index in [1.54, 1.807) is 25.1 Å². The first-order valence-electron chi connectivity index (χ1n) is 9.53. The summed E-state index contributed by atoms with van der Waals surface area (Å²) in [6.07, 6.45) is 3.57. The molecule has 0 radical (unpaired) electrons. The summed E-state index contributed by atoms with van der Waals surface area (Å²) in [5, 5.41) is 3.28. The molecular formula is C20H24ClN3O4. The van der Waals surface area contributed by atoms with Crippen molar-refractivity contribution in [2.24, 2.45) is 5.92 Å². The molecular weight excluding hydrogens is 382 g/mol. The normalized spacial score (nSPS) is 23.9. The van der Waals surface area contributed by atoms with E-state index >= 15 is 0 Å². The maximum absolute atomic E-state index is 12.7. The molecule has 1 saturated heterocycles. The molecule has 8 heteroatoms. The zero-order chi connectivity index (χ0) is 20.4. The van der Waals surface area contributed by atoms with E-state index in [9.17, 15) is 19.2 Å². The van der Waals surface area contributed by atoms with E-state index in [0.717, 1.165) is 34.6 Å². The molecule has 150 valence electrons. The van der Waals surface area contributed by atoms with Crippen LogP contribution in [-0.4, -0.2) is 46.1 Å². The number of nitrogens with one attached hydrogen (secondary N) is 1. The largest absolute Gasteiger partial charge is 0.348 e. The summed E-state index contributed by atoms with van der Waals surface area (Å²) < 4.78 is 0. The van der Waals surface area contributed by atoms with Gasteiger partial charge in [0, 0.05) is 11.1 Å². The first kappa shape index (κ1) is 20.3. The maximum Gasteiger partial charge on any atom is 0.334 e. The van der Waals surface area contributed by atoms with Crippen molar-refractivity contribution in [2.45, 2.75) is 51.6 Å². The van der Waals surface area contributed by atoms with Gasteiger partial charge in [0.2, 0.25) is 5.91 Å². The van der Waals surface area contributed by atoms with Crippen molar-refractivity contribution in [1.82, 2.24) is 15.1 Å². The van der Waals surface area contributed by atoms with Crippen LogP contribution in [0.4, 0.5) is 4.79 Å². The minimum Gasteiger partial charge on any atom is -0.348 e. The molecule has 0 bridgehead atoms. The van der Waals surface area contributed by atoms with Crippen molar-refractivity contribution < 1.29 is 19.2 Å². The van der Waals surface area contributed by atoms with Gasteiger partial charge in [-0.2, -0.15) is 0 Å². The number of hydrogen-bond donors (Lipinski definition) is 1. The van der Waals surface area contributed by atoms with E-state index in [4.69, 9.17) is 11.6 Å². The second-order valence-electron chi connectivity index (χ2n) is 7.52. The Kier molecular flexibility index (Phi) is 6.03. The van der Waals surface area contributed by atoms with Crippen LogP contribution >= 0.6 is 11.6 Å². The molecule has 1 aromatic rings.